The number of hydrogen-bond donors (Lipinski definition) is 1. The lowest BCUT2D eigenvalue weighted by Gasteiger charge is -2.13. The van der Waals surface area contributed by atoms with Gasteiger partial charge in [-0.15, -0.1) is 5.10 Å². The number of aliphatic hydroxyl groups excluding tert-OH is 1. The Labute approximate surface area is 105 Å². The highest BCUT2D eigenvalue weighted by molar-refractivity contribution is 5.34. The van der Waals surface area contributed by atoms with Crippen LogP contribution in [-0.4, -0.2) is 26.7 Å². The molecule has 2 aromatic rings. The lowest BCUT2D eigenvalue weighted by molar-refractivity contribution is 0.104. The van der Waals surface area contributed by atoms with Gasteiger partial charge in [-0.05, 0) is 25.0 Å². The minimum absolute atomic E-state index is 0.0117. The van der Waals surface area contributed by atoms with E-state index in [4.69, 9.17) is 4.74 Å². The van der Waals surface area contributed by atoms with Crippen molar-refractivity contribution in [1.82, 2.24) is 15.0 Å². The Balaban J connectivity index is 2.06. The van der Waals surface area contributed by atoms with Gasteiger partial charge in [-0.2, -0.15) is 0 Å². The molecule has 0 radical (unpaired) electrons. The molecule has 1 saturated heterocycles. The summed E-state index contributed by atoms with van der Waals surface area (Å²) in [6, 6.07) is 9.80. The first-order valence-electron chi connectivity index (χ1n) is 6.12. The van der Waals surface area contributed by atoms with Crippen molar-refractivity contribution in [1.29, 1.82) is 0 Å². The number of para-hydroxylation sites is 1. The highest BCUT2D eigenvalue weighted by atomic mass is 16.5. The number of benzene rings is 1. The molecule has 1 aromatic carbocycles. The fourth-order valence-electron chi connectivity index (χ4n) is 2.31. The third-order valence-electron chi connectivity index (χ3n) is 3.16. The van der Waals surface area contributed by atoms with Crippen LogP contribution in [0.5, 0.6) is 0 Å². The Morgan fingerprint density at radius 1 is 1.33 bits per heavy atom. The molecule has 1 aliphatic rings. The van der Waals surface area contributed by atoms with E-state index in [0.717, 1.165) is 30.8 Å². The minimum Gasteiger partial charge on any atom is -0.390 e. The lowest BCUT2D eigenvalue weighted by atomic mass is 10.1. The Morgan fingerprint density at radius 3 is 2.83 bits per heavy atom. The molecular weight excluding hydrogens is 230 g/mol. The van der Waals surface area contributed by atoms with E-state index in [0.29, 0.717) is 5.69 Å². The number of rotatable bonds is 3. The highest BCUT2D eigenvalue weighted by Crippen LogP contribution is 2.31. The summed E-state index contributed by atoms with van der Waals surface area (Å²) in [4.78, 5) is 0. The molecule has 5 heteroatoms. The summed E-state index contributed by atoms with van der Waals surface area (Å²) in [5, 5.41) is 17.5. The van der Waals surface area contributed by atoms with Crippen molar-refractivity contribution in [2.45, 2.75) is 25.6 Å². The molecule has 1 unspecified atom stereocenters. The van der Waals surface area contributed by atoms with Gasteiger partial charge in [-0.3, -0.25) is 0 Å². The van der Waals surface area contributed by atoms with E-state index in [-0.39, 0.29) is 12.7 Å². The van der Waals surface area contributed by atoms with Crippen LogP contribution >= 0.6 is 0 Å². The van der Waals surface area contributed by atoms with Gasteiger partial charge < -0.3 is 9.84 Å². The van der Waals surface area contributed by atoms with Crippen LogP contribution in [0.4, 0.5) is 0 Å². The Morgan fingerprint density at radius 2 is 2.17 bits per heavy atom. The molecule has 0 saturated carbocycles. The van der Waals surface area contributed by atoms with Gasteiger partial charge in [0.15, 0.2) is 0 Å². The second kappa shape index (κ2) is 4.88. The SMILES string of the molecule is OCc1nnn(-c2ccccc2)c1C1CCCO1. The molecule has 0 bridgehead atoms. The summed E-state index contributed by atoms with van der Waals surface area (Å²) in [5.74, 6) is 0. The van der Waals surface area contributed by atoms with Crippen molar-refractivity contribution in [3.63, 3.8) is 0 Å². The first kappa shape index (κ1) is 11.4. The average molecular weight is 245 g/mol. The van der Waals surface area contributed by atoms with Crippen molar-refractivity contribution >= 4 is 0 Å². The summed E-state index contributed by atoms with van der Waals surface area (Å²) < 4.78 is 7.46. The molecule has 5 nitrogen and oxygen atoms in total. The predicted octanol–water partition coefficient (Wildman–Crippen LogP) is 1.61. The maximum absolute atomic E-state index is 9.37. The van der Waals surface area contributed by atoms with E-state index in [1.54, 1.807) is 4.68 Å². The molecule has 0 aliphatic carbocycles. The minimum atomic E-state index is -0.109. The quantitative estimate of drug-likeness (QED) is 0.892. The lowest BCUT2D eigenvalue weighted by Crippen LogP contribution is -2.09. The monoisotopic (exact) mass is 245 g/mol. The summed E-state index contributed by atoms with van der Waals surface area (Å²) in [5.41, 5.74) is 2.42. The maximum atomic E-state index is 9.37. The van der Waals surface area contributed by atoms with Crippen molar-refractivity contribution in [2.75, 3.05) is 6.61 Å². The van der Waals surface area contributed by atoms with E-state index in [2.05, 4.69) is 10.3 Å². The van der Waals surface area contributed by atoms with Crippen molar-refractivity contribution in [2.24, 2.45) is 0 Å². The highest BCUT2D eigenvalue weighted by Gasteiger charge is 2.26. The number of hydrogen-bond acceptors (Lipinski definition) is 4. The van der Waals surface area contributed by atoms with E-state index >= 15 is 0 Å². The van der Waals surface area contributed by atoms with Gasteiger partial charge in [0, 0.05) is 6.61 Å². The molecule has 1 atom stereocenters. The molecule has 1 fully saturated rings. The summed E-state index contributed by atoms with van der Waals surface area (Å²) in [6.07, 6.45) is 1.98. The Bertz CT molecular complexity index is 518. The van der Waals surface area contributed by atoms with Gasteiger partial charge in [-0.25, -0.2) is 4.68 Å². The number of nitrogens with zero attached hydrogens (tertiary/aromatic N) is 3. The Hall–Kier alpha value is -1.72. The average Bonchev–Trinajstić information content (AvgIpc) is 3.08. The molecule has 18 heavy (non-hydrogen) atoms. The zero-order chi connectivity index (χ0) is 12.4. The third kappa shape index (κ3) is 1.91. The fourth-order valence-corrected chi connectivity index (χ4v) is 2.31. The van der Waals surface area contributed by atoms with Crippen LogP contribution < -0.4 is 0 Å². The number of aliphatic hydroxyl groups is 1. The van der Waals surface area contributed by atoms with E-state index in [9.17, 15) is 5.11 Å². The van der Waals surface area contributed by atoms with Crippen LogP contribution in [0.3, 0.4) is 0 Å². The molecule has 0 spiro atoms. The summed E-state index contributed by atoms with van der Waals surface area (Å²) >= 11 is 0. The topological polar surface area (TPSA) is 60.2 Å². The molecule has 1 aromatic heterocycles. The van der Waals surface area contributed by atoms with E-state index < -0.39 is 0 Å². The second-order valence-corrected chi connectivity index (χ2v) is 4.33. The van der Waals surface area contributed by atoms with Crippen molar-refractivity contribution in [3.05, 3.63) is 41.7 Å². The van der Waals surface area contributed by atoms with Crippen LogP contribution in [0.25, 0.3) is 5.69 Å². The van der Waals surface area contributed by atoms with Crippen LogP contribution in [0.2, 0.25) is 0 Å². The molecule has 1 aliphatic heterocycles. The molecule has 0 amide bonds. The predicted molar refractivity (Wildman–Crippen MR) is 65.2 cm³/mol. The van der Waals surface area contributed by atoms with Gasteiger partial charge in [0.2, 0.25) is 0 Å². The second-order valence-electron chi connectivity index (χ2n) is 4.33. The van der Waals surface area contributed by atoms with Gasteiger partial charge in [0.25, 0.3) is 0 Å². The van der Waals surface area contributed by atoms with Gasteiger partial charge in [0.05, 0.1) is 18.0 Å². The summed E-state index contributed by atoms with van der Waals surface area (Å²) in [7, 11) is 0. The van der Waals surface area contributed by atoms with Gasteiger partial charge in [-0.1, -0.05) is 23.4 Å². The van der Waals surface area contributed by atoms with Crippen molar-refractivity contribution < 1.29 is 9.84 Å². The summed E-state index contributed by atoms with van der Waals surface area (Å²) in [6.45, 7) is 0.650. The third-order valence-corrected chi connectivity index (χ3v) is 3.16. The standard InChI is InChI=1S/C13H15N3O2/c17-9-11-13(12-7-4-8-18-12)16(15-14-11)10-5-2-1-3-6-10/h1-3,5-6,12,17H,4,7-9H2. The molecule has 3 rings (SSSR count). The van der Waals surface area contributed by atoms with E-state index in [1.807, 2.05) is 30.3 Å². The number of aromatic nitrogens is 3. The van der Waals surface area contributed by atoms with E-state index in [1.165, 1.54) is 0 Å². The largest absolute Gasteiger partial charge is 0.390 e. The molecule has 1 N–H and O–H groups in total. The molecular formula is C13H15N3O2. The van der Waals surface area contributed by atoms with Gasteiger partial charge >= 0.3 is 0 Å². The molecule has 2 heterocycles. The van der Waals surface area contributed by atoms with Gasteiger partial charge in [0.1, 0.15) is 11.8 Å². The number of ether oxygens (including phenoxy) is 1. The zero-order valence-corrected chi connectivity index (χ0v) is 9.99. The van der Waals surface area contributed by atoms with Crippen LogP contribution in [-0.2, 0) is 11.3 Å². The van der Waals surface area contributed by atoms with Crippen molar-refractivity contribution in [3.8, 4) is 5.69 Å². The molecule has 94 valence electrons. The Kier molecular flexibility index (Phi) is 3.08. The first-order valence-corrected chi connectivity index (χ1v) is 6.12. The maximum Gasteiger partial charge on any atom is 0.114 e. The normalized spacial score (nSPS) is 19.3. The smallest absolute Gasteiger partial charge is 0.114 e. The van der Waals surface area contributed by atoms with Crippen LogP contribution in [0.15, 0.2) is 30.3 Å². The van der Waals surface area contributed by atoms with Crippen LogP contribution in [0.1, 0.15) is 30.3 Å². The zero-order valence-electron chi connectivity index (χ0n) is 9.99. The van der Waals surface area contributed by atoms with Crippen LogP contribution in [0, 0.1) is 0 Å². The fraction of sp³-hybridized carbons (Fsp3) is 0.385. The first-order chi connectivity index (χ1) is 8.90.